The fraction of sp³-hybridized carbons (Fsp3) is 0.421. The van der Waals surface area contributed by atoms with Crippen molar-refractivity contribution in [3.63, 3.8) is 0 Å². The number of esters is 1. The van der Waals surface area contributed by atoms with E-state index in [-0.39, 0.29) is 23.8 Å². The van der Waals surface area contributed by atoms with Crippen molar-refractivity contribution in [2.24, 2.45) is 4.99 Å². The number of carbonyl (C=O) groups excluding carboxylic acids is 2. The third-order valence-electron chi connectivity index (χ3n) is 3.63. The van der Waals surface area contributed by atoms with E-state index in [1.54, 1.807) is 23.5 Å². The summed E-state index contributed by atoms with van der Waals surface area (Å²) in [6, 6.07) is 7.49. The predicted octanol–water partition coefficient (Wildman–Crippen LogP) is 3.84. The summed E-state index contributed by atoms with van der Waals surface area (Å²) in [7, 11) is 0. The second-order valence-electron chi connectivity index (χ2n) is 7.06. The minimum atomic E-state index is -0.633. The number of hydrogen-bond acceptors (Lipinski definition) is 7. The molecule has 144 valence electrons. The second kappa shape index (κ2) is 8.39. The molecule has 0 spiro atoms. The molecule has 1 N–H and O–H groups in total. The summed E-state index contributed by atoms with van der Waals surface area (Å²) in [5.74, 6) is 0.718. The Labute approximate surface area is 166 Å². The molecule has 0 atom stereocenters. The highest BCUT2D eigenvalue weighted by atomic mass is 32.2. The molecule has 0 saturated carbocycles. The number of furan rings is 1. The van der Waals surface area contributed by atoms with E-state index >= 15 is 0 Å². The van der Waals surface area contributed by atoms with Crippen LogP contribution in [-0.2, 0) is 15.3 Å². The molecular weight excluding hydrogens is 384 g/mol. The summed E-state index contributed by atoms with van der Waals surface area (Å²) in [6.07, 6.45) is 0. The Kier molecular flexibility index (Phi) is 6.16. The van der Waals surface area contributed by atoms with Gasteiger partial charge in [0.05, 0.1) is 6.54 Å². The lowest BCUT2D eigenvalue weighted by molar-refractivity contribution is -0.125. The number of nitrogens with zero attached hydrogens (tertiary/aromatic N) is 1. The fourth-order valence-electron chi connectivity index (χ4n) is 2.59. The predicted molar refractivity (Wildman–Crippen MR) is 110 cm³/mol. The Morgan fingerprint density at radius 1 is 1.33 bits per heavy atom. The van der Waals surface area contributed by atoms with E-state index in [2.05, 4.69) is 10.3 Å². The zero-order valence-electron chi connectivity index (χ0n) is 15.5. The van der Waals surface area contributed by atoms with Crippen molar-refractivity contribution in [2.45, 2.75) is 32.1 Å². The molecule has 0 unspecified atom stereocenters. The molecule has 3 rings (SSSR count). The van der Waals surface area contributed by atoms with Crippen molar-refractivity contribution in [2.75, 3.05) is 18.9 Å². The highest BCUT2D eigenvalue weighted by Crippen LogP contribution is 2.32. The van der Waals surface area contributed by atoms with Crippen molar-refractivity contribution in [3.8, 4) is 0 Å². The molecule has 8 heteroatoms. The fourth-order valence-corrected chi connectivity index (χ4v) is 4.63. The van der Waals surface area contributed by atoms with Gasteiger partial charge in [0.25, 0.3) is 5.91 Å². The molecule has 27 heavy (non-hydrogen) atoms. The number of amides is 1. The SMILES string of the molecule is CC(C)(C)NC(=O)COC(=O)c1oc2ccccc2c1CSC1=NCCS1. The van der Waals surface area contributed by atoms with Crippen molar-refractivity contribution in [1.82, 2.24) is 5.32 Å². The Balaban J connectivity index is 1.75. The summed E-state index contributed by atoms with van der Waals surface area (Å²) < 4.78 is 11.9. The van der Waals surface area contributed by atoms with Gasteiger partial charge >= 0.3 is 5.97 Å². The average molecular weight is 407 g/mol. The molecule has 2 heterocycles. The van der Waals surface area contributed by atoms with Gasteiger partial charge in [-0.2, -0.15) is 0 Å². The Hall–Kier alpha value is -1.93. The van der Waals surface area contributed by atoms with Gasteiger partial charge < -0.3 is 14.5 Å². The molecule has 1 aromatic carbocycles. The first kappa shape index (κ1) is 19.8. The maximum absolute atomic E-state index is 12.6. The van der Waals surface area contributed by atoms with Crippen LogP contribution in [0.25, 0.3) is 11.0 Å². The summed E-state index contributed by atoms with van der Waals surface area (Å²) in [5.41, 5.74) is 1.01. The number of ether oxygens (including phenoxy) is 1. The van der Waals surface area contributed by atoms with Crippen LogP contribution in [0.2, 0.25) is 0 Å². The number of rotatable bonds is 5. The zero-order valence-corrected chi connectivity index (χ0v) is 17.2. The first-order valence-electron chi connectivity index (χ1n) is 8.62. The first-order valence-corrected chi connectivity index (χ1v) is 10.6. The second-order valence-corrected chi connectivity index (χ2v) is 9.37. The minimum Gasteiger partial charge on any atom is -0.450 e. The highest BCUT2D eigenvalue weighted by Gasteiger charge is 2.24. The quantitative estimate of drug-likeness (QED) is 0.760. The molecule has 1 aliphatic rings. The summed E-state index contributed by atoms with van der Waals surface area (Å²) in [5, 5.41) is 3.63. The van der Waals surface area contributed by atoms with E-state index in [9.17, 15) is 9.59 Å². The first-order chi connectivity index (χ1) is 12.8. The van der Waals surface area contributed by atoms with Gasteiger partial charge in [-0.1, -0.05) is 41.7 Å². The van der Waals surface area contributed by atoms with Gasteiger partial charge in [-0.3, -0.25) is 9.79 Å². The highest BCUT2D eigenvalue weighted by molar-refractivity contribution is 8.38. The van der Waals surface area contributed by atoms with E-state index in [1.165, 1.54) is 0 Å². The Morgan fingerprint density at radius 2 is 2.11 bits per heavy atom. The van der Waals surface area contributed by atoms with Gasteiger partial charge in [-0.15, -0.1) is 0 Å². The molecule has 1 aromatic heterocycles. The maximum atomic E-state index is 12.6. The van der Waals surface area contributed by atoms with Crippen LogP contribution >= 0.6 is 23.5 Å². The molecule has 1 aliphatic heterocycles. The number of carbonyl (C=O) groups is 2. The van der Waals surface area contributed by atoms with Crippen LogP contribution in [0.3, 0.4) is 0 Å². The topological polar surface area (TPSA) is 80.9 Å². The standard InChI is InChI=1S/C19H22N2O4S2/c1-19(2,3)21-15(22)10-24-17(23)16-13(11-27-18-20-8-9-26-18)12-6-4-5-7-14(12)25-16/h4-7H,8-11H2,1-3H3,(H,21,22). The van der Waals surface area contributed by atoms with Gasteiger partial charge in [0.2, 0.25) is 5.76 Å². The Morgan fingerprint density at radius 3 is 2.81 bits per heavy atom. The third-order valence-corrected chi connectivity index (χ3v) is 5.91. The Bertz CT molecular complexity index is 883. The largest absolute Gasteiger partial charge is 0.450 e. The van der Waals surface area contributed by atoms with Crippen LogP contribution in [-0.4, -0.2) is 40.7 Å². The van der Waals surface area contributed by atoms with Crippen molar-refractivity contribution < 1.29 is 18.7 Å². The van der Waals surface area contributed by atoms with Crippen LogP contribution in [0.1, 0.15) is 36.9 Å². The molecular formula is C19H22N2O4S2. The van der Waals surface area contributed by atoms with Crippen LogP contribution in [0.5, 0.6) is 0 Å². The average Bonchev–Trinajstić information content (AvgIpc) is 3.23. The van der Waals surface area contributed by atoms with Crippen LogP contribution in [0, 0.1) is 0 Å². The number of benzene rings is 1. The van der Waals surface area contributed by atoms with Gasteiger partial charge in [0.1, 0.15) is 9.96 Å². The number of nitrogens with one attached hydrogen (secondary N) is 1. The van der Waals surface area contributed by atoms with E-state index in [4.69, 9.17) is 9.15 Å². The molecule has 6 nitrogen and oxygen atoms in total. The normalized spacial score (nSPS) is 14.3. The number of para-hydroxylation sites is 1. The maximum Gasteiger partial charge on any atom is 0.375 e. The molecule has 0 fully saturated rings. The van der Waals surface area contributed by atoms with E-state index in [0.29, 0.717) is 11.3 Å². The lowest BCUT2D eigenvalue weighted by atomic mass is 10.1. The molecule has 0 radical (unpaired) electrons. The van der Waals surface area contributed by atoms with Gasteiger partial charge in [0, 0.05) is 28.0 Å². The van der Waals surface area contributed by atoms with Crippen LogP contribution in [0.4, 0.5) is 0 Å². The molecule has 0 saturated heterocycles. The number of hydrogen-bond donors (Lipinski definition) is 1. The molecule has 0 bridgehead atoms. The van der Waals surface area contributed by atoms with Gasteiger partial charge in [-0.25, -0.2) is 4.79 Å². The lowest BCUT2D eigenvalue weighted by Gasteiger charge is -2.20. The lowest BCUT2D eigenvalue weighted by Crippen LogP contribution is -2.42. The summed E-state index contributed by atoms with van der Waals surface area (Å²) in [6.45, 7) is 6.08. The van der Waals surface area contributed by atoms with Crippen molar-refractivity contribution in [3.05, 3.63) is 35.6 Å². The number of thioether (sulfide) groups is 2. The summed E-state index contributed by atoms with van der Waals surface area (Å²) in [4.78, 5) is 28.9. The van der Waals surface area contributed by atoms with E-state index in [1.807, 2.05) is 45.0 Å². The summed E-state index contributed by atoms with van der Waals surface area (Å²) >= 11 is 3.30. The van der Waals surface area contributed by atoms with E-state index < -0.39 is 5.97 Å². The molecule has 1 amide bonds. The van der Waals surface area contributed by atoms with Gasteiger partial charge in [0.15, 0.2) is 6.61 Å². The smallest absolute Gasteiger partial charge is 0.375 e. The van der Waals surface area contributed by atoms with Crippen molar-refractivity contribution in [1.29, 1.82) is 0 Å². The third kappa shape index (κ3) is 5.29. The number of aliphatic imine (C=N–C) groups is 1. The minimum absolute atomic E-state index is 0.149. The molecule has 0 aliphatic carbocycles. The van der Waals surface area contributed by atoms with Gasteiger partial charge in [-0.05, 0) is 26.8 Å². The monoisotopic (exact) mass is 406 g/mol. The van der Waals surface area contributed by atoms with Crippen LogP contribution < -0.4 is 5.32 Å². The van der Waals surface area contributed by atoms with Crippen molar-refractivity contribution >= 4 is 50.7 Å². The van der Waals surface area contributed by atoms with Crippen LogP contribution in [0.15, 0.2) is 33.7 Å². The molecule has 2 aromatic rings. The van der Waals surface area contributed by atoms with E-state index in [0.717, 1.165) is 27.6 Å². The zero-order chi connectivity index (χ0) is 19.4. The number of fused-ring (bicyclic) bond motifs is 1.